The van der Waals surface area contributed by atoms with Crippen molar-refractivity contribution in [2.75, 3.05) is 0 Å². The van der Waals surface area contributed by atoms with Gasteiger partial charge in [0, 0.05) is 5.39 Å². The van der Waals surface area contributed by atoms with Crippen LogP contribution >= 0.6 is 0 Å². The maximum Gasteiger partial charge on any atom is 0.407 e. The smallest absolute Gasteiger partial charge is 0.207 e. The monoisotopic (exact) mass is 315 g/mol. The lowest BCUT2D eigenvalue weighted by molar-refractivity contribution is -0.160. The standard InChI is InChI=1S/C14H12F3NO2S/c15-14(16,17)13(8-9-13)18-21(19,20)12-7-3-5-10-4-1-2-6-11(10)12/h1-7,18H,8-9H2. The van der Waals surface area contributed by atoms with Crippen LogP contribution in [0.4, 0.5) is 13.2 Å². The van der Waals surface area contributed by atoms with E-state index in [1.54, 1.807) is 30.3 Å². The quantitative estimate of drug-likeness (QED) is 0.945. The van der Waals surface area contributed by atoms with Gasteiger partial charge in [0.25, 0.3) is 0 Å². The van der Waals surface area contributed by atoms with Gasteiger partial charge < -0.3 is 0 Å². The molecule has 0 bridgehead atoms. The van der Waals surface area contributed by atoms with Gasteiger partial charge in [0.05, 0.1) is 4.90 Å². The fourth-order valence-electron chi connectivity index (χ4n) is 2.31. The lowest BCUT2D eigenvalue weighted by atomic mass is 10.1. The summed E-state index contributed by atoms with van der Waals surface area (Å²) in [7, 11) is -4.24. The summed E-state index contributed by atoms with van der Waals surface area (Å²) in [5, 5.41) is 1.07. The van der Waals surface area contributed by atoms with Crippen molar-refractivity contribution in [3.05, 3.63) is 42.5 Å². The van der Waals surface area contributed by atoms with Crippen LogP contribution in [0.2, 0.25) is 0 Å². The van der Waals surface area contributed by atoms with Crippen molar-refractivity contribution in [3.8, 4) is 0 Å². The largest absolute Gasteiger partial charge is 0.407 e. The number of hydrogen-bond donors (Lipinski definition) is 1. The molecule has 1 N–H and O–H groups in total. The molecule has 0 aromatic heterocycles. The zero-order chi connectivity index (χ0) is 15.3. The highest BCUT2D eigenvalue weighted by atomic mass is 32.2. The number of hydrogen-bond acceptors (Lipinski definition) is 2. The van der Waals surface area contributed by atoms with E-state index in [-0.39, 0.29) is 17.7 Å². The van der Waals surface area contributed by atoms with Crippen molar-refractivity contribution in [1.82, 2.24) is 4.72 Å². The van der Waals surface area contributed by atoms with Gasteiger partial charge in [-0.3, -0.25) is 0 Å². The van der Waals surface area contributed by atoms with Crippen LogP contribution in [-0.4, -0.2) is 20.1 Å². The second-order valence-electron chi connectivity index (χ2n) is 5.16. The molecule has 112 valence electrons. The first kappa shape index (κ1) is 14.3. The zero-order valence-corrected chi connectivity index (χ0v) is 11.6. The van der Waals surface area contributed by atoms with Gasteiger partial charge in [-0.1, -0.05) is 36.4 Å². The Morgan fingerprint density at radius 3 is 2.24 bits per heavy atom. The summed E-state index contributed by atoms with van der Waals surface area (Å²) < 4.78 is 65.3. The summed E-state index contributed by atoms with van der Waals surface area (Å²) in [6.07, 6.45) is -5.02. The number of fused-ring (bicyclic) bond motifs is 1. The van der Waals surface area contributed by atoms with E-state index < -0.39 is 21.7 Å². The van der Waals surface area contributed by atoms with Crippen molar-refractivity contribution >= 4 is 20.8 Å². The van der Waals surface area contributed by atoms with E-state index in [0.29, 0.717) is 10.8 Å². The van der Waals surface area contributed by atoms with Gasteiger partial charge in [0.2, 0.25) is 10.0 Å². The van der Waals surface area contributed by atoms with Crippen LogP contribution in [0.3, 0.4) is 0 Å². The molecular weight excluding hydrogens is 303 g/mol. The molecule has 2 aromatic rings. The van der Waals surface area contributed by atoms with Crippen LogP contribution < -0.4 is 4.72 Å². The minimum absolute atomic E-state index is 0.129. The number of alkyl halides is 3. The Labute approximate surface area is 119 Å². The zero-order valence-electron chi connectivity index (χ0n) is 10.8. The SMILES string of the molecule is O=S(=O)(NC1(C(F)(F)F)CC1)c1cccc2ccccc12. The number of halogens is 3. The fourth-order valence-corrected chi connectivity index (χ4v) is 3.99. The molecule has 0 unspecified atom stereocenters. The molecule has 3 rings (SSSR count). The summed E-state index contributed by atoms with van der Waals surface area (Å²) in [4.78, 5) is -0.129. The molecule has 0 atom stereocenters. The minimum Gasteiger partial charge on any atom is -0.207 e. The van der Waals surface area contributed by atoms with Gasteiger partial charge in [-0.25, -0.2) is 8.42 Å². The fraction of sp³-hybridized carbons (Fsp3) is 0.286. The number of rotatable bonds is 3. The van der Waals surface area contributed by atoms with Gasteiger partial charge in [-0.15, -0.1) is 0 Å². The maximum absolute atomic E-state index is 12.9. The Morgan fingerprint density at radius 1 is 1.00 bits per heavy atom. The van der Waals surface area contributed by atoms with Crippen LogP contribution in [0.15, 0.2) is 47.4 Å². The van der Waals surface area contributed by atoms with E-state index in [1.807, 2.05) is 4.72 Å². The highest BCUT2D eigenvalue weighted by molar-refractivity contribution is 7.89. The third kappa shape index (κ3) is 2.40. The van der Waals surface area contributed by atoms with E-state index in [9.17, 15) is 21.6 Å². The maximum atomic E-state index is 12.9. The van der Waals surface area contributed by atoms with Crippen LogP contribution in [0.25, 0.3) is 10.8 Å². The van der Waals surface area contributed by atoms with Gasteiger partial charge in [0.15, 0.2) is 0 Å². The predicted octanol–water partition coefficient (Wildman–Crippen LogP) is 3.21. The van der Waals surface area contributed by atoms with Crippen molar-refractivity contribution in [2.24, 2.45) is 0 Å². The first-order valence-corrected chi connectivity index (χ1v) is 7.82. The second kappa shape index (κ2) is 4.45. The lowest BCUT2D eigenvalue weighted by Crippen LogP contribution is -2.47. The highest BCUT2D eigenvalue weighted by Gasteiger charge is 2.65. The summed E-state index contributed by atoms with van der Waals surface area (Å²) >= 11 is 0. The Bertz CT molecular complexity index is 790. The summed E-state index contributed by atoms with van der Waals surface area (Å²) in [5.74, 6) is 0. The predicted molar refractivity (Wildman–Crippen MR) is 72.3 cm³/mol. The van der Waals surface area contributed by atoms with Crippen molar-refractivity contribution in [1.29, 1.82) is 0 Å². The molecular formula is C14H12F3NO2S. The molecule has 7 heteroatoms. The number of nitrogens with one attached hydrogen (secondary N) is 1. The molecule has 2 aromatic carbocycles. The van der Waals surface area contributed by atoms with Gasteiger partial charge in [-0.2, -0.15) is 17.9 Å². The second-order valence-corrected chi connectivity index (χ2v) is 6.81. The number of benzene rings is 2. The van der Waals surface area contributed by atoms with E-state index in [0.717, 1.165) is 0 Å². The minimum atomic E-state index is -4.58. The van der Waals surface area contributed by atoms with Crippen LogP contribution in [-0.2, 0) is 10.0 Å². The van der Waals surface area contributed by atoms with E-state index in [4.69, 9.17) is 0 Å². The Morgan fingerprint density at radius 2 is 1.62 bits per heavy atom. The summed E-state index contributed by atoms with van der Waals surface area (Å²) in [6, 6.07) is 11.2. The first-order chi connectivity index (χ1) is 9.75. The molecule has 21 heavy (non-hydrogen) atoms. The topological polar surface area (TPSA) is 46.2 Å². The van der Waals surface area contributed by atoms with Crippen LogP contribution in [0.5, 0.6) is 0 Å². The van der Waals surface area contributed by atoms with Crippen LogP contribution in [0.1, 0.15) is 12.8 Å². The third-order valence-electron chi connectivity index (χ3n) is 3.66. The Hall–Kier alpha value is -1.60. The van der Waals surface area contributed by atoms with Crippen molar-refractivity contribution in [3.63, 3.8) is 0 Å². The summed E-state index contributed by atoms with van der Waals surface area (Å²) in [6.45, 7) is 0. The molecule has 0 aliphatic heterocycles. The Balaban J connectivity index is 2.06. The molecule has 0 heterocycles. The first-order valence-electron chi connectivity index (χ1n) is 6.34. The Kier molecular flexibility index (Phi) is 3.04. The van der Waals surface area contributed by atoms with E-state index >= 15 is 0 Å². The van der Waals surface area contributed by atoms with Crippen molar-refractivity contribution < 1.29 is 21.6 Å². The molecule has 1 aliphatic rings. The van der Waals surface area contributed by atoms with E-state index in [2.05, 4.69) is 0 Å². The molecule has 1 aliphatic carbocycles. The molecule has 0 saturated heterocycles. The average molecular weight is 315 g/mol. The molecule has 3 nitrogen and oxygen atoms in total. The van der Waals surface area contributed by atoms with E-state index in [1.165, 1.54) is 12.1 Å². The van der Waals surface area contributed by atoms with Gasteiger partial charge in [0.1, 0.15) is 5.54 Å². The highest BCUT2D eigenvalue weighted by Crippen LogP contribution is 2.49. The van der Waals surface area contributed by atoms with Crippen LogP contribution in [0, 0.1) is 0 Å². The van der Waals surface area contributed by atoms with Crippen molar-refractivity contribution in [2.45, 2.75) is 29.5 Å². The summed E-state index contributed by atoms with van der Waals surface area (Å²) in [5.41, 5.74) is -2.30. The van der Waals surface area contributed by atoms with Gasteiger partial charge >= 0.3 is 6.18 Å². The number of sulfonamides is 1. The lowest BCUT2D eigenvalue weighted by Gasteiger charge is -2.21. The average Bonchev–Trinajstić information content (AvgIpc) is 3.18. The molecule has 0 radical (unpaired) electrons. The molecule has 0 amide bonds. The molecule has 1 fully saturated rings. The molecule has 1 saturated carbocycles. The normalized spacial score (nSPS) is 17.9. The van der Waals surface area contributed by atoms with Gasteiger partial charge in [-0.05, 0) is 24.3 Å². The third-order valence-corrected chi connectivity index (χ3v) is 5.26. The molecule has 0 spiro atoms.